The van der Waals surface area contributed by atoms with Gasteiger partial charge in [-0.25, -0.2) is 0 Å². The summed E-state index contributed by atoms with van der Waals surface area (Å²) < 4.78 is 0. The number of anilines is 1. The van der Waals surface area contributed by atoms with Crippen molar-refractivity contribution in [3.63, 3.8) is 0 Å². The summed E-state index contributed by atoms with van der Waals surface area (Å²) in [4.78, 5) is 29.0. The van der Waals surface area contributed by atoms with Crippen molar-refractivity contribution < 1.29 is 9.72 Å². The molecule has 1 aliphatic rings. The number of nitro groups is 1. The second-order valence-corrected chi connectivity index (χ2v) is 7.27. The highest BCUT2D eigenvalue weighted by Crippen LogP contribution is 2.40. The SMILES string of the molecule is Cc1cc(C)c(/C=C2\C(=O)N(Cc3ccc(C#N)cc3)c3ccc([N+](=O)[O-])cc32)[nH]1. The number of nitriles is 1. The summed E-state index contributed by atoms with van der Waals surface area (Å²) in [6.07, 6.45) is 1.76. The maximum absolute atomic E-state index is 13.3. The van der Waals surface area contributed by atoms with Crippen molar-refractivity contribution in [2.75, 3.05) is 4.90 Å². The summed E-state index contributed by atoms with van der Waals surface area (Å²) in [5.74, 6) is -0.221. The second-order valence-electron chi connectivity index (χ2n) is 7.27. The molecule has 1 aromatic heterocycles. The number of H-pyrrole nitrogens is 1. The van der Waals surface area contributed by atoms with Crippen LogP contribution < -0.4 is 4.90 Å². The lowest BCUT2D eigenvalue weighted by atomic mass is 10.0. The molecule has 3 aromatic rings. The summed E-state index contributed by atoms with van der Waals surface area (Å²) in [5.41, 5.74) is 5.67. The maximum Gasteiger partial charge on any atom is 0.270 e. The number of fused-ring (bicyclic) bond motifs is 1. The molecular weight excluding hydrogens is 380 g/mol. The lowest BCUT2D eigenvalue weighted by Crippen LogP contribution is -2.25. The molecular formula is C23H18N4O3. The monoisotopic (exact) mass is 398 g/mol. The number of rotatable bonds is 4. The number of aromatic nitrogens is 1. The number of amides is 1. The van der Waals surface area contributed by atoms with Crippen molar-refractivity contribution in [2.24, 2.45) is 0 Å². The van der Waals surface area contributed by atoms with E-state index in [1.165, 1.54) is 12.1 Å². The summed E-state index contributed by atoms with van der Waals surface area (Å²) in [6, 6.07) is 15.5. The highest BCUT2D eigenvalue weighted by molar-refractivity contribution is 6.35. The van der Waals surface area contributed by atoms with E-state index < -0.39 is 4.92 Å². The van der Waals surface area contributed by atoms with Crippen LogP contribution in [0.4, 0.5) is 11.4 Å². The van der Waals surface area contributed by atoms with E-state index in [2.05, 4.69) is 11.1 Å². The number of non-ortho nitro benzene ring substituents is 1. The summed E-state index contributed by atoms with van der Waals surface area (Å²) in [6.45, 7) is 4.18. The lowest BCUT2D eigenvalue weighted by Gasteiger charge is -2.17. The molecule has 0 saturated heterocycles. The molecule has 0 spiro atoms. The molecule has 2 heterocycles. The minimum Gasteiger partial charge on any atom is -0.359 e. The Hall–Kier alpha value is -4.18. The predicted octanol–water partition coefficient (Wildman–Crippen LogP) is 4.50. The van der Waals surface area contributed by atoms with Crippen molar-refractivity contribution in [1.29, 1.82) is 5.26 Å². The first-order chi connectivity index (χ1) is 14.4. The van der Waals surface area contributed by atoms with Crippen LogP contribution in [0.2, 0.25) is 0 Å². The third-order valence-corrected chi connectivity index (χ3v) is 5.15. The van der Waals surface area contributed by atoms with Crippen LogP contribution in [0.3, 0.4) is 0 Å². The third kappa shape index (κ3) is 3.35. The van der Waals surface area contributed by atoms with Crippen molar-refractivity contribution >= 4 is 28.9 Å². The maximum atomic E-state index is 13.3. The second kappa shape index (κ2) is 7.33. The van der Waals surface area contributed by atoms with Gasteiger partial charge >= 0.3 is 0 Å². The Morgan fingerprint density at radius 1 is 1.17 bits per heavy atom. The van der Waals surface area contributed by atoms with Gasteiger partial charge in [-0.3, -0.25) is 14.9 Å². The van der Waals surface area contributed by atoms with Gasteiger partial charge < -0.3 is 9.88 Å². The van der Waals surface area contributed by atoms with Gasteiger partial charge in [0.1, 0.15) is 0 Å². The standard InChI is InChI=1S/C23H18N4O3/c1-14-9-15(2)25-21(14)11-20-19-10-18(27(29)30)7-8-22(19)26(23(20)28)13-17-5-3-16(12-24)4-6-17/h3-11,25H,13H2,1-2H3/b20-11-. The van der Waals surface area contributed by atoms with E-state index in [0.29, 0.717) is 28.9 Å². The van der Waals surface area contributed by atoms with Gasteiger partial charge in [0.15, 0.2) is 0 Å². The molecule has 1 amide bonds. The zero-order valence-corrected chi connectivity index (χ0v) is 16.5. The van der Waals surface area contributed by atoms with Crippen LogP contribution in [0.25, 0.3) is 11.6 Å². The number of carbonyl (C=O) groups is 1. The van der Waals surface area contributed by atoms with Gasteiger partial charge in [0, 0.05) is 29.1 Å². The molecule has 148 valence electrons. The molecule has 0 unspecified atom stereocenters. The van der Waals surface area contributed by atoms with E-state index in [-0.39, 0.29) is 11.6 Å². The Kier molecular flexibility index (Phi) is 4.68. The van der Waals surface area contributed by atoms with Crippen molar-refractivity contribution in [3.05, 3.63) is 92.3 Å². The highest BCUT2D eigenvalue weighted by atomic mass is 16.6. The molecule has 0 atom stereocenters. The molecule has 7 heteroatoms. The van der Waals surface area contributed by atoms with Crippen molar-refractivity contribution in [3.8, 4) is 6.07 Å². The van der Waals surface area contributed by atoms with E-state index in [1.54, 1.807) is 41.3 Å². The van der Waals surface area contributed by atoms with Gasteiger partial charge in [-0.1, -0.05) is 12.1 Å². The molecule has 2 aromatic carbocycles. The predicted molar refractivity (Wildman–Crippen MR) is 114 cm³/mol. The van der Waals surface area contributed by atoms with Gasteiger partial charge in [-0.15, -0.1) is 0 Å². The molecule has 0 fully saturated rings. The number of aryl methyl sites for hydroxylation is 2. The van der Waals surface area contributed by atoms with Crippen LogP contribution in [-0.2, 0) is 11.3 Å². The first-order valence-corrected chi connectivity index (χ1v) is 9.35. The third-order valence-electron chi connectivity index (χ3n) is 5.15. The number of nitrogens with one attached hydrogen (secondary N) is 1. The molecule has 1 N–H and O–H groups in total. The Labute approximate surface area is 173 Å². The molecule has 1 aliphatic heterocycles. The lowest BCUT2D eigenvalue weighted by molar-refractivity contribution is -0.384. The number of benzene rings is 2. The van der Waals surface area contributed by atoms with E-state index in [4.69, 9.17) is 5.26 Å². The molecule has 0 radical (unpaired) electrons. The Morgan fingerprint density at radius 2 is 1.90 bits per heavy atom. The zero-order valence-electron chi connectivity index (χ0n) is 16.5. The first-order valence-electron chi connectivity index (χ1n) is 9.35. The largest absolute Gasteiger partial charge is 0.359 e. The van der Waals surface area contributed by atoms with Crippen LogP contribution in [0.1, 0.15) is 33.6 Å². The summed E-state index contributed by atoms with van der Waals surface area (Å²) >= 11 is 0. The summed E-state index contributed by atoms with van der Waals surface area (Å²) in [5, 5.41) is 20.3. The molecule has 0 aliphatic carbocycles. The number of hydrogen-bond acceptors (Lipinski definition) is 4. The van der Waals surface area contributed by atoms with Gasteiger partial charge in [0.05, 0.1) is 34.4 Å². The van der Waals surface area contributed by atoms with Crippen LogP contribution in [-0.4, -0.2) is 15.8 Å². The van der Waals surface area contributed by atoms with E-state index >= 15 is 0 Å². The van der Waals surface area contributed by atoms with E-state index in [9.17, 15) is 14.9 Å². The van der Waals surface area contributed by atoms with Gasteiger partial charge in [0.25, 0.3) is 11.6 Å². The fourth-order valence-electron chi connectivity index (χ4n) is 3.67. The minimum atomic E-state index is -0.463. The molecule has 30 heavy (non-hydrogen) atoms. The topological polar surface area (TPSA) is 103 Å². The van der Waals surface area contributed by atoms with Gasteiger partial charge in [0.2, 0.25) is 0 Å². The highest BCUT2D eigenvalue weighted by Gasteiger charge is 2.34. The van der Waals surface area contributed by atoms with E-state index in [1.807, 2.05) is 19.9 Å². The quantitative estimate of drug-likeness (QED) is 0.397. The van der Waals surface area contributed by atoms with Crippen LogP contribution >= 0.6 is 0 Å². The number of aromatic amines is 1. The average molecular weight is 398 g/mol. The number of carbonyl (C=O) groups excluding carboxylic acids is 1. The fraction of sp³-hybridized carbons (Fsp3) is 0.130. The van der Waals surface area contributed by atoms with E-state index in [0.717, 1.165) is 22.5 Å². The Bertz CT molecular complexity index is 1250. The van der Waals surface area contributed by atoms with Crippen molar-refractivity contribution in [2.45, 2.75) is 20.4 Å². The molecule has 0 bridgehead atoms. The van der Waals surface area contributed by atoms with Crippen LogP contribution in [0.15, 0.2) is 48.5 Å². The normalized spacial score (nSPS) is 14.1. The van der Waals surface area contributed by atoms with Gasteiger partial charge in [-0.2, -0.15) is 5.26 Å². The molecule has 7 nitrogen and oxygen atoms in total. The molecule has 0 saturated carbocycles. The number of hydrogen-bond donors (Lipinski definition) is 1. The van der Waals surface area contributed by atoms with Crippen LogP contribution in [0, 0.1) is 35.3 Å². The minimum absolute atomic E-state index is 0.0629. The smallest absolute Gasteiger partial charge is 0.270 e. The average Bonchev–Trinajstić information content (AvgIpc) is 3.18. The first kappa shape index (κ1) is 19.2. The van der Waals surface area contributed by atoms with Crippen LogP contribution in [0.5, 0.6) is 0 Å². The molecule has 4 rings (SSSR count). The summed E-state index contributed by atoms with van der Waals surface area (Å²) in [7, 11) is 0. The Morgan fingerprint density at radius 3 is 2.50 bits per heavy atom. The number of nitro benzene ring substituents is 1. The fourth-order valence-corrected chi connectivity index (χ4v) is 3.67. The number of nitrogens with zero attached hydrogens (tertiary/aromatic N) is 3. The zero-order chi connectivity index (χ0) is 21.4. The van der Waals surface area contributed by atoms with Gasteiger partial charge in [-0.05, 0) is 55.3 Å². The van der Waals surface area contributed by atoms with Crippen molar-refractivity contribution in [1.82, 2.24) is 4.98 Å². The Balaban J connectivity index is 1.80.